The van der Waals surface area contributed by atoms with Gasteiger partial charge in [0.1, 0.15) is 5.69 Å². The monoisotopic (exact) mass is 293 g/mol. The fraction of sp³-hybridized carbons (Fsp3) is 0.385. The molecule has 1 aromatic rings. The molecule has 3 N–H and O–H groups in total. The minimum absolute atomic E-state index is 0.0976. The van der Waals surface area contributed by atoms with Crippen LogP contribution in [0.5, 0.6) is 0 Å². The SMILES string of the molecule is CNC(=O)c1ccc([N+](=O)[O-])c(NCC2(C(=O)O)CC2)c1. The van der Waals surface area contributed by atoms with Crippen LogP contribution in [-0.2, 0) is 4.79 Å². The first-order valence-electron chi connectivity index (χ1n) is 6.37. The molecule has 0 spiro atoms. The minimum atomic E-state index is -0.917. The molecule has 0 bridgehead atoms. The number of carboxylic acid groups (broad SMARTS) is 1. The zero-order valence-corrected chi connectivity index (χ0v) is 11.4. The van der Waals surface area contributed by atoms with Crippen molar-refractivity contribution < 1.29 is 19.6 Å². The summed E-state index contributed by atoms with van der Waals surface area (Å²) >= 11 is 0. The van der Waals surface area contributed by atoms with Gasteiger partial charge in [-0.3, -0.25) is 19.7 Å². The lowest BCUT2D eigenvalue weighted by molar-refractivity contribution is -0.384. The average molecular weight is 293 g/mol. The number of rotatable bonds is 6. The lowest BCUT2D eigenvalue weighted by Gasteiger charge is -2.13. The van der Waals surface area contributed by atoms with Crippen LogP contribution in [-0.4, -0.2) is 35.5 Å². The van der Waals surface area contributed by atoms with Crippen molar-refractivity contribution in [3.63, 3.8) is 0 Å². The molecular formula is C13H15N3O5. The van der Waals surface area contributed by atoms with Gasteiger partial charge in [0.15, 0.2) is 0 Å². The molecule has 0 saturated heterocycles. The van der Waals surface area contributed by atoms with Crippen LogP contribution in [0, 0.1) is 15.5 Å². The van der Waals surface area contributed by atoms with E-state index in [-0.39, 0.29) is 29.4 Å². The zero-order chi connectivity index (χ0) is 15.6. The van der Waals surface area contributed by atoms with Crippen molar-refractivity contribution in [2.75, 3.05) is 18.9 Å². The van der Waals surface area contributed by atoms with Gasteiger partial charge in [0.25, 0.3) is 11.6 Å². The predicted molar refractivity (Wildman–Crippen MR) is 74.3 cm³/mol. The number of amides is 1. The second kappa shape index (κ2) is 5.39. The molecule has 1 aliphatic rings. The third kappa shape index (κ3) is 2.93. The highest BCUT2D eigenvalue weighted by molar-refractivity contribution is 5.95. The van der Waals surface area contributed by atoms with E-state index in [0.717, 1.165) is 0 Å². The van der Waals surface area contributed by atoms with E-state index in [2.05, 4.69) is 10.6 Å². The van der Waals surface area contributed by atoms with E-state index in [4.69, 9.17) is 5.11 Å². The first-order valence-corrected chi connectivity index (χ1v) is 6.37. The summed E-state index contributed by atoms with van der Waals surface area (Å²) in [5, 5.41) is 25.3. The highest BCUT2D eigenvalue weighted by Gasteiger charge is 2.50. The molecule has 8 heteroatoms. The topological polar surface area (TPSA) is 122 Å². The Kier molecular flexibility index (Phi) is 3.79. The number of nitrogens with one attached hydrogen (secondary N) is 2. The van der Waals surface area contributed by atoms with Gasteiger partial charge >= 0.3 is 5.97 Å². The molecule has 1 fully saturated rings. The minimum Gasteiger partial charge on any atom is -0.481 e. The fourth-order valence-electron chi connectivity index (χ4n) is 2.00. The second-order valence-corrected chi connectivity index (χ2v) is 5.01. The summed E-state index contributed by atoms with van der Waals surface area (Å²) in [6.07, 6.45) is 1.08. The molecule has 1 saturated carbocycles. The van der Waals surface area contributed by atoms with Gasteiger partial charge in [-0.2, -0.15) is 0 Å². The molecule has 0 radical (unpaired) electrons. The number of hydrogen-bond donors (Lipinski definition) is 3. The number of aliphatic carboxylic acids is 1. The van der Waals surface area contributed by atoms with Crippen LogP contribution in [0.4, 0.5) is 11.4 Å². The maximum absolute atomic E-state index is 11.6. The van der Waals surface area contributed by atoms with Gasteiger partial charge in [-0.25, -0.2) is 0 Å². The fourth-order valence-corrected chi connectivity index (χ4v) is 2.00. The molecule has 21 heavy (non-hydrogen) atoms. The van der Waals surface area contributed by atoms with Crippen molar-refractivity contribution in [1.82, 2.24) is 5.32 Å². The molecule has 2 rings (SSSR count). The smallest absolute Gasteiger partial charge is 0.311 e. The summed E-state index contributed by atoms with van der Waals surface area (Å²) in [5.41, 5.74) is -0.625. The van der Waals surface area contributed by atoms with Gasteiger partial charge in [0.05, 0.1) is 10.3 Å². The largest absolute Gasteiger partial charge is 0.481 e. The van der Waals surface area contributed by atoms with Crippen molar-refractivity contribution in [2.24, 2.45) is 5.41 Å². The predicted octanol–water partition coefficient (Wildman–Crippen LogP) is 1.23. The Labute approximate surface area is 120 Å². The standard InChI is InChI=1S/C13H15N3O5/c1-14-11(17)8-2-3-10(16(20)21)9(6-8)15-7-13(4-5-13)12(18)19/h2-3,6,15H,4-5,7H2,1H3,(H,14,17)(H,18,19). The van der Waals surface area contributed by atoms with E-state index >= 15 is 0 Å². The van der Waals surface area contributed by atoms with E-state index in [1.54, 1.807) is 0 Å². The second-order valence-electron chi connectivity index (χ2n) is 5.01. The number of carbonyl (C=O) groups excluding carboxylic acids is 1. The highest BCUT2D eigenvalue weighted by atomic mass is 16.6. The molecule has 1 aromatic carbocycles. The number of anilines is 1. The van der Waals surface area contributed by atoms with Crippen molar-refractivity contribution in [2.45, 2.75) is 12.8 Å². The Morgan fingerprint density at radius 1 is 1.43 bits per heavy atom. The molecule has 0 heterocycles. The summed E-state index contributed by atoms with van der Waals surface area (Å²) < 4.78 is 0. The van der Waals surface area contributed by atoms with Gasteiger partial charge in [-0.1, -0.05) is 0 Å². The lowest BCUT2D eigenvalue weighted by Crippen LogP contribution is -2.25. The molecule has 0 aromatic heterocycles. The maximum Gasteiger partial charge on any atom is 0.311 e. The van der Waals surface area contributed by atoms with Crippen LogP contribution in [0.2, 0.25) is 0 Å². The van der Waals surface area contributed by atoms with Gasteiger partial charge < -0.3 is 15.7 Å². The molecule has 0 unspecified atom stereocenters. The number of nitro groups is 1. The molecule has 1 aliphatic carbocycles. The van der Waals surface area contributed by atoms with Crippen LogP contribution in [0.15, 0.2) is 18.2 Å². The molecule has 8 nitrogen and oxygen atoms in total. The molecule has 0 atom stereocenters. The van der Waals surface area contributed by atoms with Crippen molar-refractivity contribution in [3.8, 4) is 0 Å². The number of nitrogens with zero attached hydrogens (tertiary/aromatic N) is 1. The lowest BCUT2D eigenvalue weighted by atomic mass is 10.1. The van der Waals surface area contributed by atoms with Crippen LogP contribution in [0.1, 0.15) is 23.2 Å². The average Bonchev–Trinajstić information content (AvgIpc) is 3.25. The number of hydrogen-bond acceptors (Lipinski definition) is 5. The van der Waals surface area contributed by atoms with Gasteiger partial charge in [-0.05, 0) is 25.0 Å². The Bertz CT molecular complexity index is 610. The van der Waals surface area contributed by atoms with Gasteiger partial charge in [-0.15, -0.1) is 0 Å². The maximum atomic E-state index is 11.6. The van der Waals surface area contributed by atoms with Crippen molar-refractivity contribution in [1.29, 1.82) is 0 Å². The van der Waals surface area contributed by atoms with E-state index in [1.807, 2.05) is 0 Å². The first-order chi connectivity index (χ1) is 9.89. The van der Waals surface area contributed by atoms with Crippen LogP contribution in [0.3, 0.4) is 0 Å². The van der Waals surface area contributed by atoms with E-state index in [0.29, 0.717) is 12.8 Å². The molecule has 0 aliphatic heterocycles. The van der Waals surface area contributed by atoms with E-state index in [9.17, 15) is 19.7 Å². The van der Waals surface area contributed by atoms with Crippen LogP contribution in [0.25, 0.3) is 0 Å². The summed E-state index contributed by atoms with van der Waals surface area (Å²) in [7, 11) is 1.46. The number of carboxylic acids is 1. The Morgan fingerprint density at radius 2 is 2.10 bits per heavy atom. The van der Waals surface area contributed by atoms with E-state index in [1.165, 1.54) is 25.2 Å². The summed E-state index contributed by atoms with van der Waals surface area (Å²) in [6, 6.07) is 3.94. The number of nitro benzene ring substituents is 1. The molecule has 1 amide bonds. The Morgan fingerprint density at radius 3 is 2.57 bits per heavy atom. The third-order valence-electron chi connectivity index (χ3n) is 3.61. The van der Waals surface area contributed by atoms with Crippen molar-refractivity contribution in [3.05, 3.63) is 33.9 Å². The van der Waals surface area contributed by atoms with Gasteiger partial charge in [0, 0.05) is 25.2 Å². The normalized spacial score (nSPS) is 15.1. The van der Waals surface area contributed by atoms with Crippen LogP contribution >= 0.6 is 0 Å². The first kappa shape index (κ1) is 14.8. The van der Waals surface area contributed by atoms with Gasteiger partial charge in [0.2, 0.25) is 0 Å². The summed E-state index contributed by atoms with van der Waals surface area (Å²) in [6.45, 7) is 0.0976. The zero-order valence-electron chi connectivity index (χ0n) is 11.4. The number of benzene rings is 1. The molecular weight excluding hydrogens is 278 g/mol. The third-order valence-corrected chi connectivity index (χ3v) is 3.61. The summed E-state index contributed by atoms with van der Waals surface area (Å²) in [4.78, 5) is 33.1. The van der Waals surface area contributed by atoms with E-state index < -0.39 is 16.3 Å². The quantitative estimate of drug-likeness (QED) is 0.535. The van der Waals surface area contributed by atoms with Crippen molar-refractivity contribution >= 4 is 23.3 Å². The van der Waals surface area contributed by atoms with Crippen LogP contribution < -0.4 is 10.6 Å². The number of carbonyl (C=O) groups is 2. The molecule has 112 valence electrons. The highest BCUT2D eigenvalue weighted by Crippen LogP contribution is 2.46. The Hall–Kier alpha value is -2.64. The Balaban J connectivity index is 2.24. The summed E-state index contributed by atoms with van der Waals surface area (Å²) in [5.74, 6) is -1.28.